The Morgan fingerprint density at radius 1 is 1.44 bits per heavy atom. The molecule has 90 valence electrons. The Labute approximate surface area is 102 Å². The summed E-state index contributed by atoms with van der Waals surface area (Å²) in [6.07, 6.45) is -0.123. The van der Waals surface area contributed by atoms with Gasteiger partial charge in [-0.25, -0.2) is 0 Å². The van der Waals surface area contributed by atoms with Crippen LogP contribution in [0, 0.1) is 0 Å². The van der Waals surface area contributed by atoms with Gasteiger partial charge in [-0.3, -0.25) is 4.79 Å². The fourth-order valence-electron chi connectivity index (χ4n) is 1.28. The van der Waals surface area contributed by atoms with Gasteiger partial charge in [0.1, 0.15) is 0 Å². The van der Waals surface area contributed by atoms with Gasteiger partial charge in [0.2, 0.25) is 5.91 Å². The van der Waals surface area contributed by atoms with Crippen LogP contribution in [0.4, 0.5) is 0 Å². The molecule has 0 spiro atoms. The number of nitrogens with one attached hydrogen (secondary N) is 1. The van der Waals surface area contributed by atoms with E-state index in [0.29, 0.717) is 6.54 Å². The second kappa shape index (κ2) is 8.10. The zero-order chi connectivity index (χ0) is 11.1. The van der Waals surface area contributed by atoms with Crippen LogP contribution in [-0.2, 0) is 9.53 Å². The molecule has 1 aromatic carbocycles. The standard InChI is InChI=1S/C11H16N2O2.ClH/c1-15-10(8-13-11(14)7-12)9-5-3-2-4-6-9;/h2-6,10H,7-8,12H2,1H3,(H,13,14);1H. The van der Waals surface area contributed by atoms with Gasteiger partial charge in [-0.15, -0.1) is 12.4 Å². The lowest BCUT2D eigenvalue weighted by atomic mass is 10.1. The Kier molecular flexibility index (Phi) is 7.54. The fraction of sp³-hybridized carbons (Fsp3) is 0.364. The number of carbonyl (C=O) groups is 1. The summed E-state index contributed by atoms with van der Waals surface area (Å²) in [6.45, 7) is 0.446. The summed E-state index contributed by atoms with van der Waals surface area (Å²) in [7, 11) is 1.62. The van der Waals surface area contributed by atoms with Gasteiger partial charge in [-0.05, 0) is 5.56 Å². The SMILES string of the molecule is COC(CNC(=O)CN)c1ccccc1.Cl. The number of methoxy groups -OCH3 is 1. The summed E-state index contributed by atoms with van der Waals surface area (Å²) in [5.74, 6) is -0.173. The van der Waals surface area contributed by atoms with E-state index in [4.69, 9.17) is 10.5 Å². The number of halogens is 1. The maximum Gasteiger partial charge on any atom is 0.233 e. The molecule has 0 heterocycles. The summed E-state index contributed by atoms with van der Waals surface area (Å²) in [5, 5.41) is 2.69. The highest BCUT2D eigenvalue weighted by Crippen LogP contribution is 2.14. The largest absolute Gasteiger partial charge is 0.375 e. The predicted octanol–water partition coefficient (Wildman–Crippen LogP) is 0.871. The quantitative estimate of drug-likeness (QED) is 0.808. The van der Waals surface area contributed by atoms with Crippen molar-refractivity contribution in [3.05, 3.63) is 35.9 Å². The summed E-state index contributed by atoms with van der Waals surface area (Å²) in [6, 6.07) is 9.73. The zero-order valence-electron chi connectivity index (χ0n) is 9.18. The molecule has 1 aromatic rings. The molecule has 1 atom stereocenters. The molecule has 0 fully saturated rings. The third kappa shape index (κ3) is 4.61. The van der Waals surface area contributed by atoms with E-state index in [1.807, 2.05) is 30.3 Å². The molecule has 0 aliphatic heterocycles. The normalized spacial score (nSPS) is 11.4. The Balaban J connectivity index is 0.00000225. The molecular weight excluding hydrogens is 228 g/mol. The number of carbonyl (C=O) groups excluding carboxylic acids is 1. The van der Waals surface area contributed by atoms with Gasteiger partial charge in [0.25, 0.3) is 0 Å². The smallest absolute Gasteiger partial charge is 0.233 e. The lowest BCUT2D eigenvalue weighted by molar-refractivity contribution is -0.120. The summed E-state index contributed by atoms with van der Waals surface area (Å²) in [4.78, 5) is 11.0. The summed E-state index contributed by atoms with van der Waals surface area (Å²) >= 11 is 0. The van der Waals surface area contributed by atoms with Crippen LogP contribution in [0.2, 0.25) is 0 Å². The van der Waals surface area contributed by atoms with Crippen molar-refractivity contribution >= 4 is 18.3 Å². The van der Waals surface area contributed by atoms with E-state index in [9.17, 15) is 4.79 Å². The third-order valence-corrected chi connectivity index (χ3v) is 2.13. The maximum atomic E-state index is 11.0. The molecule has 1 unspecified atom stereocenters. The predicted molar refractivity (Wildman–Crippen MR) is 65.5 cm³/mol. The zero-order valence-corrected chi connectivity index (χ0v) is 10.00. The third-order valence-electron chi connectivity index (χ3n) is 2.13. The Morgan fingerprint density at radius 2 is 2.06 bits per heavy atom. The average molecular weight is 245 g/mol. The van der Waals surface area contributed by atoms with Crippen molar-refractivity contribution in [1.29, 1.82) is 0 Å². The number of nitrogens with two attached hydrogens (primary N) is 1. The van der Waals surface area contributed by atoms with Crippen molar-refractivity contribution in [3.8, 4) is 0 Å². The number of amides is 1. The van der Waals surface area contributed by atoms with Gasteiger partial charge < -0.3 is 15.8 Å². The number of rotatable bonds is 5. The second-order valence-corrected chi connectivity index (χ2v) is 3.14. The minimum absolute atomic E-state index is 0. The molecule has 0 aliphatic carbocycles. The van der Waals surface area contributed by atoms with E-state index in [1.54, 1.807) is 7.11 Å². The van der Waals surface area contributed by atoms with Crippen LogP contribution in [0.15, 0.2) is 30.3 Å². The molecule has 1 amide bonds. The van der Waals surface area contributed by atoms with Crippen molar-refractivity contribution in [2.75, 3.05) is 20.2 Å². The van der Waals surface area contributed by atoms with E-state index in [1.165, 1.54) is 0 Å². The minimum Gasteiger partial charge on any atom is -0.375 e. The molecule has 16 heavy (non-hydrogen) atoms. The van der Waals surface area contributed by atoms with Crippen molar-refractivity contribution in [1.82, 2.24) is 5.32 Å². The van der Waals surface area contributed by atoms with Gasteiger partial charge in [-0.1, -0.05) is 30.3 Å². The fourth-order valence-corrected chi connectivity index (χ4v) is 1.28. The average Bonchev–Trinajstić information content (AvgIpc) is 2.31. The number of hydrogen-bond donors (Lipinski definition) is 2. The van der Waals surface area contributed by atoms with Crippen molar-refractivity contribution in [2.45, 2.75) is 6.10 Å². The number of hydrogen-bond acceptors (Lipinski definition) is 3. The molecule has 4 nitrogen and oxygen atoms in total. The first-order valence-corrected chi connectivity index (χ1v) is 4.82. The molecule has 0 aromatic heterocycles. The van der Waals surface area contributed by atoms with Crippen molar-refractivity contribution in [3.63, 3.8) is 0 Å². The first-order chi connectivity index (χ1) is 7.27. The highest BCUT2D eigenvalue weighted by Gasteiger charge is 2.10. The monoisotopic (exact) mass is 244 g/mol. The Bertz CT molecular complexity index is 306. The first-order valence-electron chi connectivity index (χ1n) is 4.82. The Hall–Kier alpha value is -1.10. The highest BCUT2D eigenvalue weighted by molar-refractivity contribution is 5.85. The molecule has 3 N–H and O–H groups in total. The van der Waals surface area contributed by atoms with Crippen molar-refractivity contribution in [2.24, 2.45) is 5.73 Å². The maximum absolute atomic E-state index is 11.0. The first kappa shape index (κ1) is 14.9. The molecule has 0 bridgehead atoms. The van der Waals surface area contributed by atoms with Crippen LogP contribution in [0.3, 0.4) is 0 Å². The van der Waals surface area contributed by atoms with Gasteiger partial charge in [-0.2, -0.15) is 0 Å². The molecule has 0 saturated carbocycles. The van der Waals surface area contributed by atoms with Crippen LogP contribution in [0.25, 0.3) is 0 Å². The van der Waals surface area contributed by atoms with Crippen LogP contribution >= 0.6 is 12.4 Å². The highest BCUT2D eigenvalue weighted by atomic mass is 35.5. The van der Waals surface area contributed by atoms with Crippen LogP contribution in [-0.4, -0.2) is 26.1 Å². The number of ether oxygens (including phenoxy) is 1. The topological polar surface area (TPSA) is 64.3 Å². The van der Waals surface area contributed by atoms with Crippen molar-refractivity contribution < 1.29 is 9.53 Å². The second-order valence-electron chi connectivity index (χ2n) is 3.14. The van der Waals surface area contributed by atoms with Crippen LogP contribution < -0.4 is 11.1 Å². The Morgan fingerprint density at radius 3 is 2.56 bits per heavy atom. The number of benzene rings is 1. The molecule has 5 heteroatoms. The van der Waals surface area contributed by atoms with Crippen LogP contribution in [0.1, 0.15) is 11.7 Å². The van der Waals surface area contributed by atoms with E-state index >= 15 is 0 Å². The molecule has 0 aliphatic rings. The lowest BCUT2D eigenvalue weighted by Gasteiger charge is -2.16. The lowest BCUT2D eigenvalue weighted by Crippen LogP contribution is -2.33. The van der Waals surface area contributed by atoms with E-state index < -0.39 is 0 Å². The minimum atomic E-state index is -0.173. The van der Waals surface area contributed by atoms with E-state index in [0.717, 1.165) is 5.56 Å². The molecule has 0 radical (unpaired) electrons. The molecular formula is C11H17ClN2O2. The van der Waals surface area contributed by atoms with Gasteiger partial charge in [0.05, 0.1) is 12.6 Å². The summed E-state index contributed by atoms with van der Waals surface area (Å²) < 4.78 is 5.28. The van der Waals surface area contributed by atoms with Gasteiger partial charge >= 0.3 is 0 Å². The van der Waals surface area contributed by atoms with E-state index in [-0.39, 0.29) is 31.0 Å². The molecule has 1 rings (SSSR count). The van der Waals surface area contributed by atoms with Crippen LogP contribution in [0.5, 0.6) is 0 Å². The van der Waals surface area contributed by atoms with Gasteiger partial charge in [0.15, 0.2) is 0 Å². The molecule has 0 saturated heterocycles. The summed E-state index contributed by atoms with van der Waals surface area (Å²) in [5.41, 5.74) is 6.22. The van der Waals surface area contributed by atoms with Gasteiger partial charge in [0, 0.05) is 13.7 Å². The van der Waals surface area contributed by atoms with E-state index in [2.05, 4.69) is 5.32 Å².